The van der Waals surface area contributed by atoms with Crippen molar-refractivity contribution in [2.75, 3.05) is 0 Å². The third-order valence-corrected chi connectivity index (χ3v) is 5.23. The van der Waals surface area contributed by atoms with Crippen molar-refractivity contribution in [3.63, 3.8) is 0 Å². The lowest BCUT2D eigenvalue weighted by Gasteiger charge is -2.38. The van der Waals surface area contributed by atoms with Gasteiger partial charge in [0, 0.05) is 17.6 Å². The first-order valence-corrected chi connectivity index (χ1v) is 8.33. The highest BCUT2D eigenvalue weighted by atomic mass is 35.5. The maximum Gasteiger partial charge on any atom is 0.0438 e. The summed E-state index contributed by atoms with van der Waals surface area (Å²) < 4.78 is 0. The van der Waals surface area contributed by atoms with Gasteiger partial charge in [0.05, 0.1) is 0 Å². The van der Waals surface area contributed by atoms with E-state index < -0.39 is 0 Å². The molecule has 2 rings (SSSR count). The molecule has 1 fully saturated rings. The van der Waals surface area contributed by atoms with Crippen LogP contribution in [0, 0.1) is 24.7 Å². The normalized spacial score (nSPS) is 27.0. The van der Waals surface area contributed by atoms with Crippen LogP contribution in [0.5, 0.6) is 0 Å². The molecule has 112 valence electrons. The minimum Gasteiger partial charge on any atom is -0.310 e. The quantitative estimate of drug-likeness (QED) is 0.804. The summed E-state index contributed by atoms with van der Waals surface area (Å²) in [5.41, 5.74) is 2.45. The van der Waals surface area contributed by atoms with E-state index in [2.05, 4.69) is 51.2 Å². The van der Waals surface area contributed by atoms with Gasteiger partial charge in [0.1, 0.15) is 0 Å². The van der Waals surface area contributed by atoms with Crippen LogP contribution in [0.15, 0.2) is 18.2 Å². The van der Waals surface area contributed by atoms with Crippen molar-refractivity contribution in [2.45, 2.75) is 59.5 Å². The van der Waals surface area contributed by atoms with Crippen LogP contribution in [0.25, 0.3) is 0 Å². The monoisotopic (exact) mass is 293 g/mol. The second kappa shape index (κ2) is 6.95. The Morgan fingerprint density at radius 2 is 2.05 bits per heavy atom. The van der Waals surface area contributed by atoms with Crippen molar-refractivity contribution in [3.8, 4) is 0 Å². The molecule has 0 saturated heterocycles. The van der Waals surface area contributed by atoms with E-state index in [1.807, 2.05) is 0 Å². The van der Waals surface area contributed by atoms with Gasteiger partial charge in [-0.3, -0.25) is 0 Å². The number of halogens is 1. The lowest BCUT2D eigenvalue weighted by atomic mass is 9.74. The maximum absolute atomic E-state index is 6.21. The minimum absolute atomic E-state index is 0.652. The van der Waals surface area contributed by atoms with Crippen LogP contribution in [-0.2, 0) is 6.54 Å². The summed E-state index contributed by atoms with van der Waals surface area (Å²) in [6, 6.07) is 7.05. The third-order valence-electron chi connectivity index (χ3n) is 4.83. The van der Waals surface area contributed by atoms with E-state index >= 15 is 0 Å². The van der Waals surface area contributed by atoms with Crippen LogP contribution >= 0.6 is 11.6 Å². The Labute approximate surface area is 129 Å². The molecule has 0 heterocycles. The number of benzene rings is 1. The molecule has 0 aromatic heterocycles. The first-order chi connectivity index (χ1) is 9.47. The van der Waals surface area contributed by atoms with Crippen molar-refractivity contribution in [1.29, 1.82) is 0 Å². The molecule has 1 aromatic rings. The molecule has 1 aromatic carbocycles. The van der Waals surface area contributed by atoms with Crippen molar-refractivity contribution >= 4 is 11.6 Å². The van der Waals surface area contributed by atoms with Crippen LogP contribution in [0.4, 0.5) is 0 Å². The highest BCUT2D eigenvalue weighted by Crippen LogP contribution is 2.33. The molecule has 1 saturated carbocycles. The predicted molar refractivity (Wildman–Crippen MR) is 88.2 cm³/mol. The van der Waals surface area contributed by atoms with Crippen LogP contribution in [-0.4, -0.2) is 6.04 Å². The van der Waals surface area contributed by atoms with Gasteiger partial charge in [-0.15, -0.1) is 0 Å². The molecule has 1 aliphatic rings. The average molecular weight is 294 g/mol. The highest BCUT2D eigenvalue weighted by molar-refractivity contribution is 6.31. The zero-order chi connectivity index (χ0) is 14.7. The van der Waals surface area contributed by atoms with Gasteiger partial charge < -0.3 is 5.32 Å². The molecule has 3 atom stereocenters. The van der Waals surface area contributed by atoms with Crippen LogP contribution < -0.4 is 5.32 Å². The predicted octanol–water partition coefficient (Wildman–Crippen LogP) is 5.20. The first-order valence-electron chi connectivity index (χ1n) is 7.95. The summed E-state index contributed by atoms with van der Waals surface area (Å²) in [7, 11) is 0. The summed E-state index contributed by atoms with van der Waals surface area (Å²) in [4.78, 5) is 0. The molecular formula is C18H28ClN. The molecule has 0 spiro atoms. The Morgan fingerprint density at radius 1 is 1.30 bits per heavy atom. The molecule has 0 amide bonds. The Bertz CT molecular complexity index is 441. The van der Waals surface area contributed by atoms with Crippen molar-refractivity contribution in [3.05, 3.63) is 34.3 Å². The van der Waals surface area contributed by atoms with Gasteiger partial charge in [-0.25, -0.2) is 0 Å². The largest absolute Gasteiger partial charge is 0.310 e. The Morgan fingerprint density at radius 3 is 2.70 bits per heavy atom. The summed E-state index contributed by atoms with van der Waals surface area (Å²) >= 11 is 6.21. The highest BCUT2D eigenvalue weighted by Gasteiger charge is 2.30. The molecule has 2 heteroatoms. The van der Waals surface area contributed by atoms with Gasteiger partial charge in [-0.1, -0.05) is 50.9 Å². The lowest BCUT2D eigenvalue weighted by molar-refractivity contribution is 0.169. The Balaban J connectivity index is 1.98. The van der Waals surface area contributed by atoms with Crippen molar-refractivity contribution in [1.82, 2.24) is 5.32 Å². The number of hydrogen-bond donors (Lipinski definition) is 1. The summed E-state index contributed by atoms with van der Waals surface area (Å²) in [6.07, 6.45) is 4.06. The minimum atomic E-state index is 0.652. The van der Waals surface area contributed by atoms with Crippen molar-refractivity contribution in [2.24, 2.45) is 17.8 Å². The van der Waals surface area contributed by atoms with Crippen LogP contribution in [0.2, 0.25) is 5.02 Å². The molecule has 1 aliphatic carbocycles. The average Bonchev–Trinajstić information content (AvgIpc) is 2.40. The van der Waals surface area contributed by atoms with E-state index in [1.165, 1.54) is 24.8 Å². The number of rotatable bonds is 4. The van der Waals surface area contributed by atoms with Crippen LogP contribution in [0.3, 0.4) is 0 Å². The standard InChI is InChI=1S/C18H28ClN/c1-12(2)16-8-5-13(3)9-18(16)20-11-15-7-6-14(4)17(19)10-15/h6-7,10,12-13,16,18,20H,5,8-9,11H2,1-4H3. The molecule has 1 N–H and O–H groups in total. The zero-order valence-electron chi connectivity index (χ0n) is 13.2. The van der Waals surface area contributed by atoms with Gasteiger partial charge in [-0.2, -0.15) is 0 Å². The van der Waals surface area contributed by atoms with Crippen molar-refractivity contribution < 1.29 is 0 Å². The molecular weight excluding hydrogens is 266 g/mol. The number of aryl methyl sites for hydroxylation is 1. The van der Waals surface area contributed by atoms with Gasteiger partial charge in [0.2, 0.25) is 0 Å². The topological polar surface area (TPSA) is 12.0 Å². The third kappa shape index (κ3) is 3.99. The second-order valence-corrected chi connectivity index (χ2v) is 7.30. The molecule has 0 aliphatic heterocycles. The van der Waals surface area contributed by atoms with E-state index in [4.69, 9.17) is 11.6 Å². The first kappa shape index (κ1) is 15.9. The smallest absolute Gasteiger partial charge is 0.0438 e. The van der Waals surface area contributed by atoms with Gasteiger partial charge in [-0.05, 0) is 54.7 Å². The summed E-state index contributed by atoms with van der Waals surface area (Å²) in [6.45, 7) is 10.1. The lowest BCUT2D eigenvalue weighted by Crippen LogP contribution is -2.42. The fourth-order valence-corrected chi connectivity index (χ4v) is 3.64. The summed E-state index contributed by atoms with van der Waals surface area (Å²) in [5, 5.41) is 4.66. The van der Waals surface area contributed by atoms with E-state index in [9.17, 15) is 0 Å². The van der Waals surface area contributed by atoms with Gasteiger partial charge in [0.25, 0.3) is 0 Å². The fourth-order valence-electron chi connectivity index (χ4n) is 3.43. The number of nitrogens with one attached hydrogen (secondary N) is 1. The molecule has 20 heavy (non-hydrogen) atoms. The summed E-state index contributed by atoms with van der Waals surface area (Å²) in [5.74, 6) is 2.43. The zero-order valence-corrected chi connectivity index (χ0v) is 14.0. The number of hydrogen-bond acceptors (Lipinski definition) is 1. The maximum atomic E-state index is 6.21. The van der Waals surface area contributed by atoms with E-state index in [0.717, 1.165) is 34.9 Å². The van der Waals surface area contributed by atoms with E-state index in [1.54, 1.807) is 0 Å². The molecule has 0 bridgehead atoms. The molecule has 1 nitrogen and oxygen atoms in total. The molecule has 0 radical (unpaired) electrons. The van der Waals surface area contributed by atoms with Gasteiger partial charge in [0.15, 0.2) is 0 Å². The van der Waals surface area contributed by atoms with Gasteiger partial charge >= 0.3 is 0 Å². The fraction of sp³-hybridized carbons (Fsp3) is 0.667. The van der Waals surface area contributed by atoms with E-state index in [-0.39, 0.29) is 0 Å². The SMILES string of the molecule is Cc1ccc(CNC2CC(C)CCC2C(C)C)cc1Cl. The Kier molecular flexibility index (Phi) is 5.51. The van der Waals surface area contributed by atoms with E-state index in [0.29, 0.717) is 6.04 Å². The Hall–Kier alpha value is -0.530. The van der Waals surface area contributed by atoms with Crippen LogP contribution in [0.1, 0.15) is 51.2 Å². The molecule has 3 unspecified atom stereocenters. The second-order valence-electron chi connectivity index (χ2n) is 6.90.